The van der Waals surface area contributed by atoms with E-state index in [9.17, 15) is 0 Å². The zero-order valence-corrected chi connectivity index (χ0v) is 7.70. The normalized spacial score (nSPS) is 10.0. The van der Waals surface area contributed by atoms with E-state index in [2.05, 4.69) is 17.8 Å². The van der Waals surface area contributed by atoms with E-state index in [1.165, 1.54) is 5.39 Å². The highest BCUT2D eigenvalue weighted by molar-refractivity contribution is 5.85. The highest BCUT2D eigenvalue weighted by Gasteiger charge is 1.98. The van der Waals surface area contributed by atoms with Crippen LogP contribution in [0.3, 0.4) is 0 Å². The van der Waals surface area contributed by atoms with E-state index in [0.717, 1.165) is 10.9 Å². The molecule has 2 nitrogen and oxygen atoms in total. The largest absolute Gasteiger partial charge is 0.204 e. The van der Waals surface area contributed by atoms with E-state index in [1.807, 2.05) is 36.4 Å². The van der Waals surface area contributed by atoms with Gasteiger partial charge in [-0.05, 0) is 16.8 Å². The number of benzene rings is 2. The Hall–Kier alpha value is -1.96. The minimum Gasteiger partial charge on any atom is -0.204 e. The molecule has 0 aromatic heterocycles. The van der Waals surface area contributed by atoms with Crippen molar-refractivity contribution in [2.45, 2.75) is 0 Å². The van der Waals surface area contributed by atoms with Crippen molar-refractivity contribution in [2.75, 3.05) is 0 Å². The van der Waals surface area contributed by atoms with Crippen molar-refractivity contribution in [3.8, 4) is 0 Å². The number of rotatable bonds is 2. The third-order valence-corrected chi connectivity index (χ3v) is 2.22. The molecule has 68 valence electrons. The van der Waals surface area contributed by atoms with Crippen LogP contribution in [0, 0.1) is 5.53 Å². The molecule has 0 atom stereocenters. The number of nitrogens with one attached hydrogen (secondary N) is 1. The van der Waals surface area contributed by atoms with E-state index in [-0.39, 0.29) is 0 Å². The van der Waals surface area contributed by atoms with Gasteiger partial charge in [-0.15, -0.1) is 0 Å². The van der Waals surface area contributed by atoms with Crippen molar-refractivity contribution in [3.63, 3.8) is 0 Å². The fraction of sp³-hybridized carbons (Fsp3) is 0. The molecular weight excluding hydrogens is 172 g/mol. The van der Waals surface area contributed by atoms with Gasteiger partial charge in [0, 0.05) is 5.56 Å². The summed E-state index contributed by atoms with van der Waals surface area (Å²) in [6.07, 6.45) is 0. The topological polar surface area (TPSA) is 36.2 Å². The molecule has 14 heavy (non-hydrogen) atoms. The van der Waals surface area contributed by atoms with Gasteiger partial charge >= 0.3 is 0 Å². The van der Waals surface area contributed by atoms with Crippen molar-refractivity contribution in [2.24, 2.45) is 5.11 Å². The molecule has 0 amide bonds. The van der Waals surface area contributed by atoms with Gasteiger partial charge in [-0.1, -0.05) is 43.0 Å². The summed E-state index contributed by atoms with van der Waals surface area (Å²) in [7, 11) is 0. The Bertz CT molecular complexity index is 500. The molecule has 0 saturated heterocycles. The molecule has 0 bridgehead atoms. The summed E-state index contributed by atoms with van der Waals surface area (Å²) in [6, 6.07) is 14.0. The monoisotopic (exact) mass is 182 g/mol. The molecule has 2 heteroatoms. The first-order chi connectivity index (χ1) is 6.81. The highest BCUT2D eigenvalue weighted by Crippen LogP contribution is 2.20. The molecule has 2 rings (SSSR count). The molecule has 0 spiro atoms. The van der Waals surface area contributed by atoms with Gasteiger partial charge in [-0.25, -0.2) is 5.53 Å². The first-order valence-electron chi connectivity index (χ1n) is 4.37. The Balaban J connectivity index is 2.62. The van der Waals surface area contributed by atoms with E-state index in [0.29, 0.717) is 5.70 Å². The minimum atomic E-state index is 0.496. The summed E-state index contributed by atoms with van der Waals surface area (Å²) in [5, 5.41) is 5.66. The molecule has 0 fully saturated rings. The molecule has 0 heterocycles. The Morgan fingerprint density at radius 2 is 1.79 bits per heavy atom. The minimum absolute atomic E-state index is 0.496. The maximum absolute atomic E-state index is 6.88. The highest BCUT2D eigenvalue weighted by atomic mass is 15.0. The summed E-state index contributed by atoms with van der Waals surface area (Å²) in [5.74, 6) is 0. The lowest BCUT2D eigenvalue weighted by Gasteiger charge is -2.01. The fourth-order valence-corrected chi connectivity index (χ4v) is 1.43. The third-order valence-electron chi connectivity index (χ3n) is 2.22. The number of fused-ring (bicyclic) bond motifs is 1. The molecule has 0 aliphatic rings. The SMILES string of the molecule is C=C(N=N)c1ccc2ccccc2c1. The summed E-state index contributed by atoms with van der Waals surface area (Å²) < 4.78 is 0. The Labute approximate surface area is 82.4 Å². The van der Waals surface area contributed by atoms with Crippen LogP contribution in [0.15, 0.2) is 54.2 Å². The molecular formula is C12H10N2. The maximum atomic E-state index is 6.88. The van der Waals surface area contributed by atoms with Crippen molar-refractivity contribution >= 4 is 16.5 Å². The molecule has 2 aromatic carbocycles. The fourth-order valence-electron chi connectivity index (χ4n) is 1.43. The smallest absolute Gasteiger partial charge is 0.0850 e. The van der Waals surface area contributed by atoms with Crippen LogP contribution < -0.4 is 0 Å². The summed E-state index contributed by atoms with van der Waals surface area (Å²) >= 11 is 0. The van der Waals surface area contributed by atoms with Gasteiger partial charge in [-0.3, -0.25) is 0 Å². The Morgan fingerprint density at radius 3 is 2.50 bits per heavy atom. The van der Waals surface area contributed by atoms with E-state index < -0.39 is 0 Å². The molecule has 0 radical (unpaired) electrons. The van der Waals surface area contributed by atoms with Crippen molar-refractivity contribution in [1.29, 1.82) is 5.53 Å². The zero-order valence-electron chi connectivity index (χ0n) is 7.70. The second kappa shape index (κ2) is 3.42. The van der Waals surface area contributed by atoms with Crippen LogP contribution in [0.2, 0.25) is 0 Å². The maximum Gasteiger partial charge on any atom is 0.0850 e. The lowest BCUT2D eigenvalue weighted by atomic mass is 10.1. The quantitative estimate of drug-likeness (QED) is 0.685. The number of hydrogen-bond donors (Lipinski definition) is 1. The van der Waals surface area contributed by atoms with Crippen LogP contribution in [-0.4, -0.2) is 0 Å². The van der Waals surface area contributed by atoms with Gasteiger partial charge in [0.15, 0.2) is 0 Å². The van der Waals surface area contributed by atoms with E-state index in [1.54, 1.807) is 0 Å². The van der Waals surface area contributed by atoms with Gasteiger partial charge in [0.05, 0.1) is 5.70 Å². The van der Waals surface area contributed by atoms with E-state index >= 15 is 0 Å². The van der Waals surface area contributed by atoms with Gasteiger partial charge < -0.3 is 0 Å². The van der Waals surface area contributed by atoms with Gasteiger partial charge in [0.25, 0.3) is 0 Å². The van der Waals surface area contributed by atoms with E-state index in [4.69, 9.17) is 5.53 Å². The van der Waals surface area contributed by atoms with Crippen LogP contribution in [0.4, 0.5) is 0 Å². The Morgan fingerprint density at radius 1 is 1.07 bits per heavy atom. The van der Waals surface area contributed by atoms with Crippen molar-refractivity contribution in [3.05, 3.63) is 54.6 Å². The number of nitrogens with zero attached hydrogens (tertiary/aromatic N) is 1. The average molecular weight is 182 g/mol. The summed E-state index contributed by atoms with van der Waals surface area (Å²) in [5.41, 5.74) is 8.28. The number of hydrogen-bond acceptors (Lipinski definition) is 2. The zero-order chi connectivity index (χ0) is 9.97. The van der Waals surface area contributed by atoms with Crippen LogP contribution >= 0.6 is 0 Å². The lowest BCUT2D eigenvalue weighted by molar-refractivity contribution is 1.16. The van der Waals surface area contributed by atoms with Crippen molar-refractivity contribution < 1.29 is 0 Å². The van der Waals surface area contributed by atoms with Crippen LogP contribution in [0.1, 0.15) is 5.56 Å². The predicted molar refractivity (Wildman–Crippen MR) is 58.1 cm³/mol. The molecule has 1 N–H and O–H groups in total. The van der Waals surface area contributed by atoms with Gasteiger partial charge in [0.1, 0.15) is 0 Å². The average Bonchev–Trinajstić information content (AvgIpc) is 2.27. The Kier molecular flexibility index (Phi) is 2.11. The van der Waals surface area contributed by atoms with Gasteiger partial charge in [-0.2, -0.15) is 5.11 Å². The molecule has 0 aliphatic heterocycles. The standard InChI is InChI=1S/C12H10N2/c1-9(14-13)11-7-6-10-4-2-3-5-12(10)8-11/h2-8,13H,1H2. The van der Waals surface area contributed by atoms with Crippen LogP contribution in [-0.2, 0) is 0 Å². The first kappa shape index (κ1) is 8.63. The predicted octanol–water partition coefficient (Wildman–Crippen LogP) is 3.84. The second-order valence-corrected chi connectivity index (χ2v) is 3.12. The summed E-state index contributed by atoms with van der Waals surface area (Å²) in [6.45, 7) is 3.70. The van der Waals surface area contributed by atoms with Crippen LogP contribution in [0.5, 0.6) is 0 Å². The van der Waals surface area contributed by atoms with Crippen LogP contribution in [0.25, 0.3) is 16.5 Å². The van der Waals surface area contributed by atoms with Crippen molar-refractivity contribution in [1.82, 2.24) is 0 Å². The lowest BCUT2D eigenvalue weighted by Crippen LogP contribution is -1.79. The third kappa shape index (κ3) is 1.42. The van der Waals surface area contributed by atoms with Gasteiger partial charge in [0.2, 0.25) is 0 Å². The molecule has 0 unspecified atom stereocenters. The molecule has 0 saturated carbocycles. The first-order valence-corrected chi connectivity index (χ1v) is 4.37. The molecule has 0 aliphatic carbocycles. The summed E-state index contributed by atoms with van der Waals surface area (Å²) in [4.78, 5) is 0. The molecule has 2 aromatic rings. The second-order valence-electron chi connectivity index (χ2n) is 3.12.